The van der Waals surface area contributed by atoms with Crippen LogP contribution in [0.15, 0.2) is 97.1 Å². The Morgan fingerprint density at radius 3 is 1.05 bits per heavy atom. The lowest BCUT2D eigenvalue weighted by atomic mass is 9.90. The SMILES string of the molecule is CCc1c(C#N)c(-n2c3ccccc3c3ccccc32)c(CC)c(-n2c3ccccc3c3ccccc32)c1C#N. The van der Waals surface area contributed by atoms with E-state index >= 15 is 0 Å². The van der Waals surface area contributed by atoms with Gasteiger partial charge in [-0.3, -0.25) is 0 Å². The second-order valence-corrected chi connectivity index (χ2v) is 10.1. The van der Waals surface area contributed by atoms with Crippen molar-refractivity contribution in [3.8, 4) is 23.5 Å². The Hall–Kier alpha value is -5.32. The van der Waals surface area contributed by atoms with Crippen molar-refractivity contribution < 1.29 is 0 Å². The average molecular weight is 515 g/mol. The van der Waals surface area contributed by atoms with Crippen LogP contribution in [0.3, 0.4) is 0 Å². The van der Waals surface area contributed by atoms with Crippen molar-refractivity contribution in [1.29, 1.82) is 10.5 Å². The number of aromatic nitrogens is 2. The van der Waals surface area contributed by atoms with Crippen molar-refractivity contribution in [1.82, 2.24) is 9.13 Å². The molecule has 7 rings (SSSR count). The lowest BCUT2D eigenvalue weighted by Crippen LogP contribution is -2.13. The molecule has 0 N–H and O–H groups in total. The van der Waals surface area contributed by atoms with Crippen LogP contribution in [0, 0.1) is 22.7 Å². The monoisotopic (exact) mass is 514 g/mol. The minimum absolute atomic E-state index is 0.573. The van der Waals surface area contributed by atoms with Gasteiger partial charge in [0, 0.05) is 27.1 Å². The quantitative estimate of drug-likeness (QED) is 0.236. The Bertz CT molecular complexity index is 1950. The minimum atomic E-state index is 0.573. The van der Waals surface area contributed by atoms with Crippen molar-refractivity contribution in [3.63, 3.8) is 0 Å². The molecule has 5 aromatic carbocycles. The van der Waals surface area contributed by atoms with E-state index in [0.29, 0.717) is 24.0 Å². The number of rotatable bonds is 4. The predicted molar refractivity (Wildman–Crippen MR) is 163 cm³/mol. The van der Waals surface area contributed by atoms with E-state index in [9.17, 15) is 10.5 Å². The lowest BCUT2D eigenvalue weighted by Gasteiger charge is -2.24. The summed E-state index contributed by atoms with van der Waals surface area (Å²) in [6, 6.07) is 38.6. The molecular weight excluding hydrogens is 488 g/mol. The van der Waals surface area contributed by atoms with Crippen molar-refractivity contribution >= 4 is 43.6 Å². The van der Waals surface area contributed by atoms with E-state index in [-0.39, 0.29) is 0 Å². The highest BCUT2D eigenvalue weighted by atomic mass is 15.0. The lowest BCUT2D eigenvalue weighted by molar-refractivity contribution is 0.986. The number of nitrogens with zero attached hydrogens (tertiary/aromatic N) is 4. The maximum absolute atomic E-state index is 10.7. The van der Waals surface area contributed by atoms with Crippen LogP contribution in [-0.4, -0.2) is 9.13 Å². The molecule has 0 radical (unpaired) electrons. The van der Waals surface area contributed by atoms with Crippen molar-refractivity contribution in [2.45, 2.75) is 26.7 Å². The zero-order valence-corrected chi connectivity index (χ0v) is 22.4. The van der Waals surface area contributed by atoms with Gasteiger partial charge in [-0.05, 0) is 42.7 Å². The molecule has 0 atom stereocenters. The van der Waals surface area contributed by atoms with Gasteiger partial charge in [0.2, 0.25) is 0 Å². The van der Waals surface area contributed by atoms with Crippen molar-refractivity contribution in [2.24, 2.45) is 0 Å². The smallest absolute Gasteiger partial charge is 0.102 e. The summed E-state index contributed by atoms with van der Waals surface area (Å²) >= 11 is 0. The maximum atomic E-state index is 10.7. The van der Waals surface area contributed by atoms with Crippen LogP contribution < -0.4 is 0 Å². The summed E-state index contributed by atoms with van der Waals surface area (Å²) in [4.78, 5) is 0. The molecule has 4 nitrogen and oxygen atoms in total. The average Bonchev–Trinajstić information content (AvgIpc) is 3.52. The standard InChI is InChI=1S/C36H26N4/c1-3-23-29(21-37)35(39-31-17-9-5-13-25(31)26-14-6-10-18-32(26)39)24(4-2)36(30(23)22-38)40-33-19-11-7-15-27(33)28-16-8-12-20-34(28)40/h5-20H,3-4H2,1-2H3. The van der Waals surface area contributed by atoms with Crippen LogP contribution in [0.2, 0.25) is 0 Å². The fourth-order valence-corrected chi connectivity index (χ4v) is 6.57. The van der Waals surface area contributed by atoms with E-state index in [2.05, 4.69) is 101 Å². The van der Waals surface area contributed by atoms with Crippen LogP contribution in [-0.2, 0) is 12.8 Å². The number of benzene rings is 5. The molecule has 0 unspecified atom stereocenters. The Morgan fingerprint density at radius 1 is 0.475 bits per heavy atom. The van der Waals surface area contributed by atoms with Gasteiger partial charge in [-0.1, -0.05) is 86.6 Å². The molecule has 0 saturated heterocycles. The van der Waals surface area contributed by atoms with Gasteiger partial charge in [-0.2, -0.15) is 10.5 Å². The van der Waals surface area contributed by atoms with E-state index in [0.717, 1.165) is 66.1 Å². The highest BCUT2D eigenvalue weighted by Crippen LogP contribution is 2.42. The first-order valence-corrected chi connectivity index (χ1v) is 13.7. The van der Waals surface area contributed by atoms with Gasteiger partial charge in [0.15, 0.2) is 0 Å². The topological polar surface area (TPSA) is 57.4 Å². The second-order valence-electron chi connectivity index (χ2n) is 10.1. The Balaban J connectivity index is 1.77. The summed E-state index contributed by atoms with van der Waals surface area (Å²) < 4.78 is 4.50. The number of fused-ring (bicyclic) bond motifs is 6. The van der Waals surface area contributed by atoms with Gasteiger partial charge in [0.05, 0.1) is 44.6 Å². The summed E-state index contributed by atoms with van der Waals surface area (Å²) in [6.07, 6.45) is 1.23. The Labute approximate surface area is 232 Å². The van der Waals surface area contributed by atoms with Crippen molar-refractivity contribution in [3.05, 3.63) is 119 Å². The first-order chi connectivity index (χ1) is 19.7. The third-order valence-corrected chi connectivity index (χ3v) is 8.19. The molecule has 0 aliphatic rings. The third kappa shape index (κ3) is 3.11. The summed E-state index contributed by atoms with van der Waals surface area (Å²) in [7, 11) is 0. The van der Waals surface area contributed by atoms with Gasteiger partial charge < -0.3 is 9.13 Å². The molecule has 2 heterocycles. The summed E-state index contributed by atoms with van der Waals surface area (Å²) in [5.74, 6) is 0. The molecule has 40 heavy (non-hydrogen) atoms. The highest BCUT2D eigenvalue weighted by molar-refractivity contribution is 6.11. The normalized spacial score (nSPS) is 11.4. The van der Waals surface area contributed by atoms with Gasteiger partial charge in [-0.15, -0.1) is 0 Å². The zero-order valence-electron chi connectivity index (χ0n) is 22.4. The van der Waals surface area contributed by atoms with Crippen LogP contribution in [0.4, 0.5) is 0 Å². The number of hydrogen-bond donors (Lipinski definition) is 0. The fourth-order valence-electron chi connectivity index (χ4n) is 6.57. The van der Waals surface area contributed by atoms with Crippen LogP contribution in [0.5, 0.6) is 0 Å². The van der Waals surface area contributed by atoms with Gasteiger partial charge in [0.25, 0.3) is 0 Å². The van der Waals surface area contributed by atoms with Gasteiger partial charge in [-0.25, -0.2) is 0 Å². The van der Waals surface area contributed by atoms with E-state index in [1.165, 1.54) is 0 Å². The second kappa shape index (κ2) is 9.16. The predicted octanol–water partition coefficient (Wildman–Crippen LogP) is 8.75. The first kappa shape index (κ1) is 23.8. The minimum Gasteiger partial charge on any atom is -0.308 e. The van der Waals surface area contributed by atoms with Crippen LogP contribution in [0.1, 0.15) is 36.1 Å². The molecule has 0 amide bonds. The Morgan fingerprint density at radius 2 is 0.775 bits per heavy atom. The summed E-state index contributed by atoms with van der Waals surface area (Å²) in [5, 5.41) is 26.0. The molecule has 4 heteroatoms. The number of para-hydroxylation sites is 4. The molecule has 0 bridgehead atoms. The molecule has 2 aromatic heterocycles. The molecular formula is C36H26N4. The van der Waals surface area contributed by atoms with Gasteiger partial charge in [0.1, 0.15) is 12.1 Å². The molecule has 0 spiro atoms. The van der Waals surface area contributed by atoms with Crippen molar-refractivity contribution in [2.75, 3.05) is 0 Å². The molecule has 190 valence electrons. The fraction of sp³-hybridized carbons (Fsp3) is 0.111. The maximum Gasteiger partial charge on any atom is 0.102 e. The third-order valence-electron chi connectivity index (χ3n) is 8.19. The Kier molecular flexibility index (Phi) is 5.44. The van der Waals surface area contributed by atoms with Crippen LogP contribution in [0.25, 0.3) is 55.0 Å². The summed E-state index contributed by atoms with van der Waals surface area (Å²) in [6.45, 7) is 4.16. The van der Waals surface area contributed by atoms with E-state index in [1.807, 2.05) is 31.2 Å². The van der Waals surface area contributed by atoms with Crippen LogP contribution >= 0.6 is 0 Å². The summed E-state index contributed by atoms with van der Waals surface area (Å²) in [5.41, 5.74) is 8.87. The van der Waals surface area contributed by atoms with E-state index in [1.54, 1.807) is 0 Å². The molecule has 0 aliphatic carbocycles. The zero-order chi connectivity index (χ0) is 27.4. The van der Waals surface area contributed by atoms with E-state index in [4.69, 9.17) is 0 Å². The van der Waals surface area contributed by atoms with E-state index < -0.39 is 0 Å². The molecule has 0 aliphatic heterocycles. The highest BCUT2D eigenvalue weighted by Gasteiger charge is 2.28. The molecule has 0 saturated carbocycles. The molecule has 7 aromatic rings. The number of nitriles is 2. The van der Waals surface area contributed by atoms with Gasteiger partial charge >= 0.3 is 0 Å². The molecule has 0 fully saturated rings. The number of hydrogen-bond acceptors (Lipinski definition) is 2. The first-order valence-electron chi connectivity index (χ1n) is 13.7. The largest absolute Gasteiger partial charge is 0.308 e.